The zero-order valence-corrected chi connectivity index (χ0v) is 12.6. The first kappa shape index (κ1) is 16.8. The lowest BCUT2D eigenvalue weighted by Crippen LogP contribution is -2.17. The largest absolute Gasteiger partial charge is 0.418 e. The van der Waals surface area contributed by atoms with Crippen LogP contribution in [0.3, 0.4) is 0 Å². The summed E-state index contributed by atoms with van der Waals surface area (Å²) in [5.74, 6) is -0.0781. The van der Waals surface area contributed by atoms with Crippen LogP contribution in [0.1, 0.15) is 19.4 Å². The highest BCUT2D eigenvalue weighted by Crippen LogP contribution is 2.35. The van der Waals surface area contributed by atoms with E-state index in [1.54, 1.807) is 19.9 Å². The molecule has 7 heteroatoms. The highest BCUT2D eigenvalue weighted by molar-refractivity contribution is 5.91. The van der Waals surface area contributed by atoms with Crippen LogP contribution in [-0.2, 0) is 11.0 Å². The number of aromatic nitrogens is 1. The number of carbonyl (C=O) groups excluding carboxylic acids is 1. The van der Waals surface area contributed by atoms with E-state index in [9.17, 15) is 18.0 Å². The van der Waals surface area contributed by atoms with E-state index >= 15 is 0 Å². The molecule has 0 spiro atoms. The van der Waals surface area contributed by atoms with Crippen LogP contribution in [0.4, 0.5) is 30.4 Å². The Labute approximate surface area is 131 Å². The number of nitrogens with zero attached hydrogens (tertiary/aromatic N) is 1. The number of halogens is 3. The van der Waals surface area contributed by atoms with E-state index in [2.05, 4.69) is 15.6 Å². The van der Waals surface area contributed by atoms with Crippen molar-refractivity contribution in [1.82, 2.24) is 4.98 Å². The fourth-order valence-electron chi connectivity index (χ4n) is 1.81. The van der Waals surface area contributed by atoms with Gasteiger partial charge in [-0.2, -0.15) is 13.2 Å². The molecule has 1 aromatic heterocycles. The molecule has 2 rings (SSSR count). The van der Waals surface area contributed by atoms with Crippen LogP contribution in [-0.4, -0.2) is 10.9 Å². The molecule has 0 fully saturated rings. The number of anilines is 3. The zero-order chi connectivity index (χ0) is 17.0. The van der Waals surface area contributed by atoms with Gasteiger partial charge in [-0.25, -0.2) is 4.98 Å². The molecule has 0 saturated heterocycles. The molecule has 0 saturated carbocycles. The van der Waals surface area contributed by atoms with Gasteiger partial charge >= 0.3 is 6.18 Å². The van der Waals surface area contributed by atoms with E-state index in [1.807, 2.05) is 0 Å². The summed E-state index contributed by atoms with van der Waals surface area (Å²) in [5, 5.41) is 5.30. The quantitative estimate of drug-likeness (QED) is 0.874. The number of nitrogens with one attached hydrogen (secondary N) is 2. The van der Waals surface area contributed by atoms with E-state index < -0.39 is 11.7 Å². The molecule has 1 aromatic carbocycles. The second-order valence-electron chi connectivity index (χ2n) is 5.24. The maximum atomic E-state index is 12.9. The molecule has 122 valence electrons. The van der Waals surface area contributed by atoms with Gasteiger partial charge in [0.2, 0.25) is 5.91 Å². The first-order valence-corrected chi connectivity index (χ1v) is 6.97. The smallest absolute Gasteiger partial charge is 0.340 e. The van der Waals surface area contributed by atoms with Gasteiger partial charge in [0, 0.05) is 5.92 Å². The van der Waals surface area contributed by atoms with Crippen molar-refractivity contribution in [3.63, 3.8) is 0 Å². The number of para-hydroxylation sites is 1. The standard InChI is InChI=1S/C16H16F3N3O/c1-10(2)15(23)21-11-7-8-14(20-9-11)22-13-6-4-3-5-12(13)16(17,18)19/h3-10H,1-2H3,(H,20,22)(H,21,23). The van der Waals surface area contributed by atoms with E-state index in [-0.39, 0.29) is 23.3 Å². The molecule has 1 amide bonds. The van der Waals surface area contributed by atoms with E-state index in [4.69, 9.17) is 0 Å². The molecule has 2 N–H and O–H groups in total. The topological polar surface area (TPSA) is 54.0 Å². The summed E-state index contributed by atoms with van der Waals surface area (Å²) in [7, 11) is 0. The van der Waals surface area contributed by atoms with Crippen LogP contribution in [0, 0.1) is 5.92 Å². The van der Waals surface area contributed by atoms with Crippen molar-refractivity contribution in [1.29, 1.82) is 0 Å². The molecule has 4 nitrogen and oxygen atoms in total. The average Bonchev–Trinajstić information content (AvgIpc) is 2.48. The van der Waals surface area contributed by atoms with Crippen LogP contribution in [0.25, 0.3) is 0 Å². The predicted octanol–water partition coefficient (Wildman–Crippen LogP) is 4.44. The number of rotatable bonds is 4. The van der Waals surface area contributed by atoms with Crippen molar-refractivity contribution in [2.75, 3.05) is 10.6 Å². The van der Waals surface area contributed by atoms with Crippen molar-refractivity contribution in [3.8, 4) is 0 Å². The average molecular weight is 323 g/mol. The second-order valence-corrected chi connectivity index (χ2v) is 5.24. The highest BCUT2D eigenvalue weighted by atomic mass is 19.4. The summed E-state index contributed by atoms with van der Waals surface area (Å²) >= 11 is 0. The first-order chi connectivity index (χ1) is 10.8. The van der Waals surface area contributed by atoms with Gasteiger partial charge < -0.3 is 10.6 Å². The van der Waals surface area contributed by atoms with Crippen LogP contribution in [0.15, 0.2) is 42.6 Å². The van der Waals surface area contributed by atoms with Gasteiger partial charge in [0.1, 0.15) is 5.82 Å². The van der Waals surface area contributed by atoms with Gasteiger partial charge in [-0.1, -0.05) is 26.0 Å². The fourth-order valence-corrected chi connectivity index (χ4v) is 1.81. The maximum absolute atomic E-state index is 12.9. The number of hydrogen-bond acceptors (Lipinski definition) is 3. The van der Waals surface area contributed by atoms with Crippen LogP contribution in [0.2, 0.25) is 0 Å². The Morgan fingerprint density at radius 3 is 2.39 bits per heavy atom. The van der Waals surface area contributed by atoms with Gasteiger partial charge in [-0.05, 0) is 24.3 Å². The Kier molecular flexibility index (Phi) is 4.88. The summed E-state index contributed by atoms with van der Waals surface area (Å²) in [6, 6.07) is 8.24. The number of benzene rings is 1. The lowest BCUT2D eigenvalue weighted by Gasteiger charge is -2.14. The van der Waals surface area contributed by atoms with Crippen LogP contribution >= 0.6 is 0 Å². The molecule has 0 aliphatic carbocycles. The lowest BCUT2D eigenvalue weighted by atomic mass is 10.1. The summed E-state index contributed by atoms with van der Waals surface area (Å²) in [6.45, 7) is 3.51. The minimum Gasteiger partial charge on any atom is -0.340 e. The Hall–Kier alpha value is -2.57. The minimum atomic E-state index is -4.45. The number of alkyl halides is 3. The molecule has 0 aliphatic heterocycles. The summed E-state index contributed by atoms with van der Waals surface area (Å²) in [5.41, 5.74) is -0.358. The summed E-state index contributed by atoms with van der Waals surface area (Å²) in [6.07, 6.45) is -3.06. The molecule has 0 radical (unpaired) electrons. The van der Waals surface area contributed by atoms with E-state index in [1.165, 1.54) is 30.5 Å². The number of carbonyl (C=O) groups is 1. The molecule has 0 atom stereocenters. The molecule has 1 heterocycles. The second kappa shape index (κ2) is 6.68. The zero-order valence-electron chi connectivity index (χ0n) is 12.6. The lowest BCUT2D eigenvalue weighted by molar-refractivity contribution is -0.136. The molecular weight excluding hydrogens is 307 g/mol. The van der Waals surface area contributed by atoms with Crippen molar-refractivity contribution >= 4 is 23.1 Å². The Bertz CT molecular complexity index is 682. The predicted molar refractivity (Wildman–Crippen MR) is 82.4 cm³/mol. The maximum Gasteiger partial charge on any atom is 0.418 e. The van der Waals surface area contributed by atoms with Crippen molar-refractivity contribution < 1.29 is 18.0 Å². The molecule has 23 heavy (non-hydrogen) atoms. The third-order valence-corrected chi connectivity index (χ3v) is 3.05. The Morgan fingerprint density at radius 1 is 1.13 bits per heavy atom. The minimum absolute atomic E-state index is 0.0773. The van der Waals surface area contributed by atoms with E-state index in [0.29, 0.717) is 5.69 Å². The highest BCUT2D eigenvalue weighted by Gasteiger charge is 2.33. The van der Waals surface area contributed by atoms with Gasteiger partial charge in [0.25, 0.3) is 0 Å². The molecule has 0 unspecified atom stereocenters. The summed E-state index contributed by atoms with van der Waals surface area (Å²) in [4.78, 5) is 15.6. The van der Waals surface area contributed by atoms with Crippen LogP contribution < -0.4 is 10.6 Å². The fraction of sp³-hybridized carbons (Fsp3) is 0.250. The van der Waals surface area contributed by atoms with Gasteiger partial charge in [-0.3, -0.25) is 4.79 Å². The molecule has 0 aliphatic rings. The van der Waals surface area contributed by atoms with Crippen molar-refractivity contribution in [2.24, 2.45) is 5.92 Å². The van der Waals surface area contributed by atoms with Crippen molar-refractivity contribution in [3.05, 3.63) is 48.2 Å². The summed E-state index contributed by atoms with van der Waals surface area (Å²) < 4.78 is 38.8. The molecule has 0 bridgehead atoms. The van der Waals surface area contributed by atoms with Crippen LogP contribution in [0.5, 0.6) is 0 Å². The monoisotopic (exact) mass is 323 g/mol. The van der Waals surface area contributed by atoms with Gasteiger partial charge in [0.05, 0.1) is 23.1 Å². The third kappa shape index (κ3) is 4.45. The Morgan fingerprint density at radius 2 is 1.83 bits per heavy atom. The number of hydrogen-bond donors (Lipinski definition) is 2. The molecule has 2 aromatic rings. The van der Waals surface area contributed by atoms with E-state index in [0.717, 1.165) is 6.07 Å². The number of pyridine rings is 1. The van der Waals surface area contributed by atoms with Crippen molar-refractivity contribution in [2.45, 2.75) is 20.0 Å². The van der Waals surface area contributed by atoms with Gasteiger partial charge in [-0.15, -0.1) is 0 Å². The van der Waals surface area contributed by atoms with Gasteiger partial charge in [0.15, 0.2) is 0 Å². The molecular formula is C16H16F3N3O. The first-order valence-electron chi connectivity index (χ1n) is 6.97. The third-order valence-electron chi connectivity index (χ3n) is 3.05. The Balaban J connectivity index is 2.15. The number of amides is 1. The normalized spacial score (nSPS) is 11.4. The SMILES string of the molecule is CC(C)C(=O)Nc1ccc(Nc2ccccc2C(F)(F)F)nc1.